The SMILES string of the molecule is CC(C)(C)C(=O)/C=C(\O)C(C)(C)C.C[Si]1(C)c2cccc3c2-c2c1ccnc2-c1[c-]cc2ccccc2c1[Se]3.[Ir]. The molecule has 0 bridgehead atoms. The molecule has 0 saturated heterocycles. The number of carbonyl (C=O) groups is 1. The van der Waals surface area contributed by atoms with Crippen molar-refractivity contribution in [1.82, 2.24) is 4.98 Å². The number of hydrogen-bond acceptors (Lipinski definition) is 3. The third-order valence-electron chi connectivity index (χ3n) is 7.60. The Bertz CT molecular complexity index is 1660. The summed E-state index contributed by atoms with van der Waals surface area (Å²) in [6, 6.07) is 23.7. The van der Waals surface area contributed by atoms with E-state index in [1.807, 2.05) is 47.7 Å². The van der Waals surface area contributed by atoms with Crippen molar-refractivity contribution in [3.05, 3.63) is 78.7 Å². The molecule has 3 heterocycles. The van der Waals surface area contributed by atoms with Gasteiger partial charge < -0.3 is 5.11 Å². The Balaban J connectivity index is 0.000000229. The molecule has 2 aliphatic rings. The predicted octanol–water partition coefficient (Wildman–Crippen LogP) is 5.56. The number of ketones is 1. The molecule has 0 amide bonds. The van der Waals surface area contributed by atoms with Gasteiger partial charge in [0.2, 0.25) is 0 Å². The first-order chi connectivity index (χ1) is 18.2. The topological polar surface area (TPSA) is 50.2 Å². The molecule has 209 valence electrons. The van der Waals surface area contributed by atoms with Crippen LogP contribution in [0.15, 0.2) is 72.6 Å². The first-order valence-electron chi connectivity index (χ1n) is 13.4. The predicted molar refractivity (Wildman–Crippen MR) is 168 cm³/mol. The van der Waals surface area contributed by atoms with Crippen molar-refractivity contribution in [3.63, 3.8) is 0 Å². The zero-order valence-corrected chi connectivity index (χ0v) is 29.5. The van der Waals surface area contributed by atoms with Crippen LogP contribution in [-0.2, 0) is 24.9 Å². The van der Waals surface area contributed by atoms with E-state index in [1.165, 1.54) is 47.6 Å². The van der Waals surface area contributed by atoms with Crippen LogP contribution in [0.3, 0.4) is 0 Å². The van der Waals surface area contributed by atoms with E-state index in [9.17, 15) is 9.90 Å². The fourth-order valence-corrected chi connectivity index (χ4v) is 10.9. The normalized spacial score (nSPS) is 14.8. The molecule has 1 radical (unpaired) electrons. The summed E-state index contributed by atoms with van der Waals surface area (Å²) in [6.45, 7) is 16.1. The second-order valence-corrected chi connectivity index (χ2v) is 19.5. The summed E-state index contributed by atoms with van der Waals surface area (Å²) in [5.74, 6) is 0.104. The van der Waals surface area contributed by atoms with Gasteiger partial charge in [0.15, 0.2) is 5.78 Å². The summed E-state index contributed by atoms with van der Waals surface area (Å²) in [5, 5.41) is 15.3. The molecule has 6 rings (SSSR count). The number of nitrogens with zero attached hydrogens (tertiary/aromatic N) is 1. The summed E-state index contributed by atoms with van der Waals surface area (Å²) in [6.07, 6.45) is 3.35. The monoisotopic (exact) mass is 791 g/mol. The van der Waals surface area contributed by atoms with Crippen LogP contribution in [0, 0.1) is 16.9 Å². The molecule has 0 spiro atoms. The van der Waals surface area contributed by atoms with Gasteiger partial charge in [0.05, 0.1) is 0 Å². The molecule has 0 unspecified atom stereocenters. The average Bonchev–Trinajstić information content (AvgIpc) is 3.01. The maximum absolute atomic E-state index is 11.5. The number of aliphatic hydroxyl groups is 1. The van der Waals surface area contributed by atoms with Crippen LogP contribution in [0.1, 0.15) is 41.5 Å². The van der Waals surface area contributed by atoms with Crippen LogP contribution in [-0.4, -0.2) is 38.9 Å². The van der Waals surface area contributed by atoms with Gasteiger partial charge in [-0.05, 0) is 0 Å². The summed E-state index contributed by atoms with van der Waals surface area (Å²) in [5.41, 5.74) is 4.50. The molecule has 6 heteroatoms. The van der Waals surface area contributed by atoms with Gasteiger partial charge in [0, 0.05) is 37.0 Å². The number of fused-ring (bicyclic) bond motifs is 4. The molecular weight excluding hydrogens is 754 g/mol. The number of hydrogen-bond donors (Lipinski definition) is 1. The van der Waals surface area contributed by atoms with Gasteiger partial charge in [-0.15, -0.1) is 0 Å². The molecule has 2 aliphatic heterocycles. The number of aliphatic hydroxyl groups excluding tert-OH is 1. The van der Waals surface area contributed by atoms with Crippen LogP contribution in [0.2, 0.25) is 13.1 Å². The summed E-state index contributed by atoms with van der Waals surface area (Å²) >= 11 is 0.255. The minimum absolute atomic E-state index is 0. The third-order valence-corrected chi connectivity index (χ3v) is 13.6. The second kappa shape index (κ2) is 10.8. The van der Waals surface area contributed by atoms with E-state index in [2.05, 4.69) is 73.8 Å². The number of rotatable bonds is 1. The number of carbonyl (C=O) groups excluding carboxylic acids is 1. The van der Waals surface area contributed by atoms with Crippen LogP contribution in [0.5, 0.6) is 0 Å². The Hall–Kier alpha value is -2.33. The van der Waals surface area contributed by atoms with E-state index in [4.69, 9.17) is 4.98 Å². The molecule has 3 aromatic carbocycles. The fourth-order valence-electron chi connectivity index (χ4n) is 5.09. The van der Waals surface area contributed by atoms with Gasteiger partial charge in [0.1, 0.15) is 5.76 Å². The Morgan fingerprint density at radius 1 is 0.925 bits per heavy atom. The van der Waals surface area contributed by atoms with Crippen molar-refractivity contribution >= 4 is 58.9 Å². The third kappa shape index (κ3) is 5.33. The van der Waals surface area contributed by atoms with Crippen molar-refractivity contribution in [2.75, 3.05) is 0 Å². The van der Waals surface area contributed by atoms with Crippen LogP contribution in [0.25, 0.3) is 33.2 Å². The van der Waals surface area contributed by atoms with Crippen molar-refractivity contribution in [2.24, 2.45) is 10.8 Å². The van der Waals surface area contributed by atoms with E-state index in [-0.39, 0.29) is 52.0 Å². The standard InChI is InChI=1S/C23H16NSeSi.C11H20O2.Ir/c1-26(2)18-9-5-8-17-20(18)21-19(26)12-13-24-22(21)16-11-10-14-6-3-4-7-15(14)23(16)25-17;1-10(2,3)8(12)7-9(13)11(4,5)6;/h3-10,12-13H,1-2H3;7,12H,1-6H3;/q-1;;/b;8-7-;. The quantitative estimate of drug-likeness (QED) is 0.105. The van der Waals surface area contributed by atoms with Gasteiger partial charge in [-0.3, -0.25) is 4.79 Å². The number of aromatic nitrogens is 1. The average molecular weight is 790 g/mol. The van der Waals surface area contributed by atoms with Crippen LogP contribution < -0.4 is 19.3 Å². The molecule has 0 atom stereocenters. The summed E-state index contributed by atoms with van der Waals surface area (Å²) in [7, 11) is -1.65. The van der Waals surface area contributed by atoms with Gasteiger partial charge in [-0.25, -0.2) is 0 Å². The van der Waals surface area contributed by atoms with Crippen LogP contribution >= 0.6 is 0 Å². The number of pyridine rings is 1. The van der Waals surface area contributed by atoms with Gasteiger partial charge in [0.25, 0.3) is 0 Å². The Labute approximate surface area is 259 Å². The maximum Gasteiger partial charge on any atom is 0 e. The second-order valence-electron chi connectivity index (χ2n) is 13.0. The smallest absolute Gasteiger partial charge is 0 e. The molecule has 0 aliphatic carbocycles. The molecule has 3 nitrogen and oxygen atoms in total. The zero-order valence-electron chi connectivity index (χ0n) is 24.4. The van der Waals surface area contributed by atoms with E-state index >= 15 is 0 Å². The van der Waals surface area contributed by atoms with E-state index in [0.29, 0.717) is 0 Å². The summed E-state index contributed by atoms with van der Waals surface area (Å²) < 4.78 is 2.94. The minimum Gasteiger partial charge on any atom is 0 e. The van der Waals surface area contributed by atoms with Gasteiger partial charge in [-0.1, -0.05) is 41.5 Å². The fraction of sp³-hybridized carbons (Fsp3) is 0.294. The first-order valence-corrected chi connectivity index (χ1v) is 18.1. The largest absolute Gasteiger partial charge is 0 e. The van der Waals surface area contributed by atoms with Crippen molar-refractivity contribution in [3.8, 4) is 22.4 Å². The summed E-state index contributed by atoms with van der Waals surface area (Å²) in [4.78, 5) is 16.4. The van der Waals surface area contributed by atoms with Gasteiger partial charge >= 0.3 is 160 Å². The molecule has 0 saturated carbocycles. The number of benzene rings is 3. The van der Waals surface area contributed by atoms with Gasteiger partial charge in [-0.2, -0.15) is 0 Å². The Morgan fingerprint density at radius 2 is 1.60 bits per heavy atom. The Kier molecular flexibility index (Phi) is 8.28. The zero-order chi connectivity index (χ0) is 28.3. The molecule has 1 aromatic heterocycles. The molecule has 0 fully saturated rings. The van der Waals surface area contributed by atoms with Crippen molar-refractivity contribution < 1.29 is 30.0 Å². The molecular formula is C34H36IrNO2SeSi-. The molecule has 40 heavy (non-hydrogen) atoms. The Morgan fingerprint density at radius 3 is 2.27 bits per heavy atom. The van der Waals surface area contributed by atoms with Crippen molar-refractivity contribution in [1.29, 1.82) is 0 Å². The number of allylic oxidation sites excluding steroid dienone is 2. The van der Waals surface area contributed by atoms with E-state index in [0.717, 1.165) is 5.69 Å². The first kappa shape index (κ1) is 30.6. The van der Waals surface area contributed by atoms with E-state index in [1.54, 1.807) is 5.19 Å². The molecule has 1 N–H and O–H groups in total. The van der Waals surface area contributed by atoms with E-state index < -0.39 is 13.5 Å². The maximum atomic E-state index is 11.5. The molecule has 4 aromatic rings. The van der Waals surface area contributed by atoms with Crippen molar-refractivity contribution in [2.45, 2.75) is 54.6 Å². The minimum atomic E-state index is -1.65. The van der Waals surface area contributed by atoms with Crippen LogP contribution in [0.4, 0.5) is 0 Å².